The number of esters is 1. The molecule has 0 unspecified atom stereocenters. The molecule has 0 radical (unpaired) electrons. The van der Waals surface area contributed by atoms with Crippen molar-refractivity contribution in [2.75, 3.05) is 19.7 Å². The topological polar surface area (TPSA) is 67.4 Å². The molecule has 0 bridgehead atoms. The van der Waals surface area contributed by atoms with Crippen molar-refractivity contribution in [3.63, 3.8) is 0 Å². The highest BCUT2D eigenvalue weighted by Crippen LogP contribution is 1.92. The van der Waals surface area contributed by atoms with Crippen molar-refractivity contribution in [2.24, 2.45) is 0 Å². The van der Waals surface area contributed by atoms with Crippen molar-refractivity contribution >= 4 is 11.9 Å². The van der Waals surface area contributed by atoms with Gasteiger partial charge >= 0.3 is 5.97 Å². The van der Waals surface area contributed by atoms with Gasteiger partial charge in [-0.25, -0.2) is 4.79 Å². The zero-order chi connectivity index (χ0) is 8.97. The molecule has 0 aliphatic carbocycles. The summed E-state index contributed by atoms with van der Waals surface area (Å²) in [5.41, 5.74) is 0. The van der Waals surface area contributed by atoms with Crippen molar-refractivity contribution in [1.29, 1.82) is 0 Å². The van der Waals surface area contributed by atoms with E-state index in [0.717, 1.165) is 0 Å². The number of nitrogens with one attached hydrogen (secondary N) is 2. The molecule has 1 fully saturated rings. The Morgan fingerprint density at radius 3 is 3.00 bits per heavy atom. The lowest BCUT2D eigenvalue weighted by molar-refractivity contribution is -0.149. The number of amides is 1. The number of rotatable bonds is 2. The largest absolute Gasteiger partial charge is 0.464 e. The van der Waals surface area contributed by atoms with Gasteiger partial charge in [-0.1, -0.05) is 0 Å². The summed E-state index contributed by atoms with van der Waals surface area (Å²) >= 11 is 0. The Bertz CT molecular complexity index is 193. The van der Waals surface area contributed by atoms with E-state index in [2.05, 4.69) is 15.4 Å². The lowest BCUT2D eigenvalue weighted by Crippen LogP contribution is -2.56. The van der Waals surface area contributed by atoms with Crippen LogP contribution in [0.15, 0.2) is 0 Å². The van der Waals surface area contributed by atoms with E-state index >= 15 is 0 Å². The van der Waals surface area contributed by atoms with Gasteiger partial charge in [-0.05, 0) is 6.92 Å². The van der Waals surface area contributed by atoms with Crippen LogP contribution in [0.5, 0.6) is 0 Å². The third kappa shape index (κ3) is 1.94. The van der Waals surface area contributed by atoms with E-state index in [1.165, 1.54) is 0 Å². The Kier molecular flexibility index (Phi) is 3.04. The van der Waals surface area contributed by atoms with Gasteiger partial charge in [0.2, 0.25) is 5.91 Å². The van der Waals surface area contributed by atoms with Gasteiger partial charge in [-0.2, -0.15) is 0 Å². The average molecular weight is 172 g/mol. The molecule has 1 aliphatic rings. The smallest absolute Gasteiger partial charge is 0.332 e. The molecule has 0 aromatic rings. The number of carbonyl (C=O) groups excluding carboxylic acids is 2. The number of hydrogen-bond acceptors (Lipinski definition) is 4. The van der Waals surface area contributed by atoms with Gasteiger partial charge in [0.1, 0.15) is 0 Å². The number of piperazine rings is 1. The van der Waals surface area contributed by atoms with Crippen molar-refractivity contribution in [3.05, 3.63) is 0 Å². The molecule has 12 heavy (non-hydrogen) atoms. The van der Waals surface area contributed by atoms with Crippen molar-refractivity contribution < 1.29 is 14.3 Å². The molecule has 1 rings (SSSR count). The predicted molar refractivity (Wildman–Crippen MR) is 41.4 cm³/mol. The van der Waals surface area contributed by atoms with Crippen molar-refractivity contribution in [2.45, 2.75) is 13.0 Å². The molecule has 5 heteroatoms. The van der Waals surface area contributed by atoms with E-state index in [0.29, 0.717) is 19.7 Å². The third-order valence-electron chi connectivity index (χ3n) is 1.56. The monoisotopic (exact) mass is 172 g/mol. The average Bonchev–Trinajstić information content (AvgIpc) is 2.05. The van der Waals surface area contributed by atoms with Gasteiger partial charge in [-0.15, -0.1) is 0 Å². The second-order valence-corrected chi connectivity index (χ2v) is 2.43. The second-order valence-electron chi connectivity index (χ2n) is 2.43. The van der Waals surface area contributed by atoms with Crippen LogP contribution in [0.3, 0.4) is 0 Å². The van der Waals surface area contributed by atoms with Gasteiger partial charge < -0.3 is 10.1 Å². The zero-order valence-electron chi connectivity index (χ0n) is 6.92. The summed E-state index contributed by atoms with van der Waals surface area (Å²) in [7, 11) is 0. The van der Waals surface area contributed by atoms with E-state index in [9.17, 15) is 9.59 Å². The molecule has 2 N–H and O–H groups in total. The van der Waals surface area contributed by atoms with Crippen LogP contribution in [-0.4, -0.2) is 37.6 Å². The van der Waals surface area contributed by atoms with Crippen LogP contribution in [0.2, 0.25) is 0 Å². The minimum Gasteiger partial charge on any atom is -0.464 e. The Morgan fingerprint density at radius 2 is 2.42 bits per heavy atom. The highest BCUT2D eigenvalue weighted by Gasteiger charge is 2.29. The molecule has 1 amide bonds. The molecule has 1 atom stereocenters. The highest BCUT2D eigenvalue weighted by atomic mass is 16.5. The first kappa shape index (κ1) is 8.99. The summed E-state index contributed by atoms with van der Waals surface area (Å²) in [6, 6.07) is -0.821. The van der Waals surface area contributed by atoms with Crippen LogP contribution < -0.4 is 10.6 Å². The number of carbonyl (C=O) groups is 2. The summed E-state index contributed by atoms with van der Waals surface area (Å²) in [6.45, 7) is 3.17. The Labute approximate surface area is 70.5 Å². The van der Waals surface area contributed by atoms with E-state index in [1.54, 1.807) is 6.92 Å². The highest BCUT2D eigenvalue weighted by molar-refractivity contribution is 6.02. The molecule has 5 nitrogen and oxygen atoms in total. The first-order valence-corrected chi connectivity index (χ1v) is 3.93. The van der Waals surface area contributed by atoms with Gasteiger partial charge in [0.15, 0.2) is 6.04 Å². The molecule has 1 saturated heterocycles. The van der Waals surface area contributed by atoms with E-state index in [4.69, 9.17) is 0 Å². The van der Waals surface area contributed by atoms with Crippen LogP contribution in [0.4, 0.5) is 0 Å². The first-order chi connectivity index (χ1) is 5.75. The van der Waals surface area contributed by atoms with Crippen LogP contribution in [-0.2, 0) is 14.3 Å². The summed E-state index contributed by atoms with van der Waals surface area (Å²) < 4.78 is 4.69. The van der Waals surface area contributed by atoms with Crippen molar-refractivity contribution in [3.8, 4) is 0 Å². The molecule has 1 aliphatic heterocycles. The first-order valence-electron chi connectivity index (χ1n) is 3.93. The summed E-state index contributed by atoms with van der Waals surface area (Å²) in [5.74, 6) is -0.811. The minimum atomic E-state index is -0.821. The fourth-order valence-corrected chi connectivity index (χ4v) is 1.01. The predicted octanol–water partition coefficient (Wildman–Crippen LogP) is -1.36. The SMILES string of the molecule is CCOC(=O)[C@H]1NCCNC1=O. The molecular formula is C7H12N2O3. The van der Waals surface area contributed by atoms with Crippen molar-refractivity contribution in [1.82, 2.24) is 10.6 Å². The second kappa shape index (κ2) is 4.06. The fourth-order valence-electron chi connectivity index (χ4n) is 1.01. The lowest BCUT2D eigenvalue weighted by atomic mass is 10.2. The molecular weight excluding hydrogens is 160 g/mol. The molecule has 0 aromatic heterocycles. The van der Waals surface area contributed by atoms with E-state index in [-0.39, 0.29) is 5.91 Å². The van der Waals surface area contributed by atoms with Gasteiger partial charge in [0, 0.05) is 13.1 Å². The summed E-state index contributed by atoms with van der Waals surface area (Å²) in [6.07, 6.45) is 0. The maximum absolute atomic E-state index is 11.1. The van der Waals surface area contributed by atoms with E-state index in [1.807, 2.05) is 0 Å². The lowest BCUT2D eigenvalue weighted by Gasteiger charge is -2.21. The Morgan fingerprint density at radius 1 is 1.67 bits per heavy atom. The summed E-state index contributed by atoms with van der Waals surface area (Å²) in [5, 5.41) is 5.34. The maximum Gasteiger partial charge on any atom is 0.332 e. The van der Waals surface area contributed by atoms with E-state index < -0.39 is 12.0 Å². The molecule has 68 valence electrons. The molecule has 0 saturated carbocycles. The zero-order valence-corrected chi connectivity index (χ0v) is 6.92. The summed E-state index contributed by atoms with van der Waals surface area (Å²) in [4.78, 5) is 22.1. The van der Waals surface area contributed by atoms with Gasteiger partial charge in [-0.3, -0.25) is 10.1 Å². The van der Waals surface area contributed by atoms with Gasteiger partial charge in [0.05, 0.1) is 6.61 Å². The van der Waals surface area contributed by atoms with Crippen LogP contribution in [0.1, 0.15) is 6.92 Å². The normalized spacial score (nSPS) is 23.1. The number of hydrogen-bond donors (Lipinski definition) is 2. The third-order valence-corrected chi connectivity index (χ3v) is 1.56. The molecule has 0 aromatic carbocycles. The van der Waals surface area contributed by atoms with Crippen LogP contribution in [0, 0.1) is 0 Å². The minimum absolute atomic E-state index is 0.296. The quantitative estimate of drug-likeness (QED) is 0.398. The standard InChI is InChI=1S/C7H12N2O3/c1-2-12-7(11)5-6(10)9-4-3-8-5/h5,8H,2-4H2,1H3,(H,9,10)/t5-/m0/s1. The molecule has 1 heterocycles. The fraction of sp³-hybridized carbons (Fsp3) is 0.714. The maximum atomic E-state index is 11.1. The Balaban J connectivity index is 2.48. The van der Waals surface area contributed by atoms with Crippen LogP contribution >= 0.6 is 0 Å². The Hall–Kier alpha value is -1.10. The molecule has 0 spiro atoms. The number of ether oxygens (including phenoxy) is 1. The van der Waals surface area contributed by atoms with Crippen LogP contribution in [0.25, 0.3) is 0 Å². The van der Waals surface area contributed by atoms with Gasteiger partial charge in [0.25, 0.3) is 0 Å².